The molecule has 0 saturated heterocycles. The maximum Gasteiger partial charge on any atom is 0.241 e. The first-order valence-corrected chi connectivity index (χ1v) is 8.61. The minimum atomic E-state index is -1.00. The lowest BCUT2D eigenvalue weighted by Crippen LogP contribution is -2.39. The van der Waals surface area contributed by atoms with Crippen LogP contribution in [0.2, 0.25) is 0 Å². The number of hydrogen-bond donors (Lipinski definition) is 1. The van der Waals surface area contributed by atoms with E-state index in [1.165, 1.54) is 6.07 Å². The molecular formula is C20H24F2N2O3. The van der Waals surface area contributed by atoms with Crippen molar-refractivity contribution < 1.29 is 23.0 Å². The van der Waals surface area contributed by atoms with Crippen LogP contribution in [0, 0.1) is 11.6 Å². The van der Waals surface area contributed by atoms with Crippen molar-refractivity contribution in [2.75, 3.05) is 26.1 Å². The Balaban J connectivity index is 2.02. The Morgan fingerprint density at radius 2 is 1.89 bits per heavy atom. The van der Waals surface area contributed by atoms with Crippen LogP contribution in [-0.2, 0) is 11.3 Å². The molecule has 1 N–H and O–H groups in total. The fourth-order valence-corrected chi connectivity index (χ4v) is 2.53. The molecule has 5 nitrogen and oxygen atoms in total. The second-order valence-electron chi connectivity index (χ2n) is 6.13. The lowest BCUT2D eigenvalue weighted by atomic mass is 10.1. The summed E-state index contributed by atoms with van der Waals surface area (Å²) < 4.78 is 37.1. The topological polar surface area (TPSA) is 50.8 Å². The molecule has 2 aromatic rings. The monoisotopic (exact) mass is 378 g/mol. The van der Waals surface area contributed by atoms with Crippen molar-refractivity contribution >= 4 is 11.6 Å². The summed E-state index contributed by atoms with van der Waals surface area (Å²) >= 11 is 0. The number of ether oxygens (including phenoxy) is 2. The highest BCUT2D eigenvalue weighted by Crippen LogP contribution is 2.28. The Bertz CT molecular complexity index is 799. The molecular weight excluding hydrogens is 354 g/mol. The number of amides is 1. The highest BCUT2D eigenvalue weighted by atomic mass is 19.2. The van der Waals surface area contributed by atoms with Crippen LogP contribution in [-0.4, -0.2) is 37.6 Å². The molecule has 1 atom stereocenters. The molecule has 0 bridgehead atoms. The molecule has 146 valence electrons. The molecule has 0 unspecified atom stereocenters. The molecule has 0 spiro atoms. The minimum absolute atomic E-state index is 0.210. The van der Waals surface area contributed by atoms with Crippen LogP contribution in [0.15, 0.2) is 36.4 Å². The zero-order valence-corrected chi connectivity index (χ0v) is 15.9. The van der Waals surface area contributed by atoms with Crippen LogP contribution >= 0.6 is 0 Å². The Morgan fingerprint density at radius 1 is 1.15 bits per heavy atom. The van der Waals surface area contributed by atoms with Gasteiger partial charge in [0.25, 0.3) is 0 Å². The van der Waals surface area contributed by atoms with Crippen molar-refractivity contribution in [2.24, 2.45) is 0 Å². The summed E-state index contributed by atoms with van der Waals surface area (Å²) in [5.41, 5.74) is 1.16. The predicted molar refractivity (Wildman–Crippen MR) is 100 cm³/mol. The van der Waals surface area contributed by atoms with Crippen molar-refractivity contribution in [2.45, 2.75) is 26.4 Å². The lowest BCUT2D eigenvalue weighted by molar-refractivity contribution is -0.120. The quantitative estimate of drug-likeness (QED) is 0.759. The van der Waals surface area contributed by atoms with Crippen molar-refractivity contribution in [1.29, 1.82) is 0 Å². The van der Waals surface area contributed by atoms with Gasteiger partial charge in [0.2, 0.25) is 5.91 Å². The SMILES string of the molecule is CCOc1ccc(CN(C)[C@H](C)C(=O)Nc2ccc(F)c(F)c2)cc1OC. The van der Waals surface area contributed by atoms with Crippen LogP contribution < -0.4 is 14.8 Å². The first kappa shape index (κ1) is 20.6. The number of nitrogens with zero attached hydrogens (tertiary/aromatic N) is 1. The second-order valence-corrected chi connectivity index (χ2v) is 6.13. The molecule has 0 aromatic heterocycles. The summed E-state index contributed by atoms with van der Waals surface area (Å²) in [6.45, 7) is 4.67. The molecule has 27 heavy (non-hydrogen) atoms. The minimum Gasteiger partial charge on any atom is -0.493 e. The van der Waals surface area contributed by atoms with Gasteiger partial charge in [0.1, 0.15) is 0 Å². The summed E-state index contributed by atoms with van der Waals surface area (Å²) in [6.07, 6.45) is 0. The Morgan fingerprint density at radius 3 is 2.52 bits per heavy atom. The van der Waals surface area contributed by atoms with Crippen molar-refractivity contribution in [3.8, 4) is 11.5 Å². The Kier molecular flexibility index (Phi) is 7.12. The summed E-state index contributed by atoms with van der Waals surface area (Å²) in [4.78, 5) is 14.2. The molecule has 0 aliphatic carbocycles. The van der Waals surface area contributed by atoms with E-state index in [-0.39, 0.29) is 11.6 Å². The fourth-order valence-electron chi connectivity index (χ4n) is 2.53. The summed E-state index contributed by atoms with van der Waals surface area (Å²) in [5.74, 6) is -0.989. The summed E-state index contributed by atoms with van der Waals surface area (Å²) in [7, 11) is 3.38. The van der Waals surface area contributed by atoms with E-state index in [2.05, 4.69) is 5.32 Å². The zero-order valence-electron chi connectivity index (χ0n) is 15.9. The largest absolute Gasteiger partial charge is 0.493 e. The molecule has 2 aromatic carbocycles. The maximum absolute atomic E-state index is 13.3. The van der Waals surface area contributed by atoms with Gasteiger partial charge in [-0.05, 0) is 50.7 Å². The van der Waals surface area contributed by atoms with E-state index in [0.717, 1.165) is 17.7 Å². The average Bonchev–Trinajstić information content (AvgIpc) is 2.65. The highest BCUT2D eigenvalue weighted by Gasteiger charge is 2.19. The van der Waals surface area contributed by atoms with E-state index in [9.17, 15) is 13.6 Å². The van der Waals surface area contributed by atoms with Gasteiger partial charge in [-0.1, -0.05) is 6.07 Å². The zero-order chi connectivity index (χ0) is 20.0. The van der Waals surface area contributed by atoms with Gasteiger partial charge in [-0.25, -0.2) is 8.78 Å². The van der Waals surface area contributed by atoms with E-state index < -0.39 is 17.7 Å². The maximum atomic E-state index is 13.3. The molecule has 2 rings (SSSR count). The van der Waals surface area contributed by atoms with Gasteiger partial charge in [-0.15, -0.1) is 0 Å². The van der Waals surface area contributed by atoms with Gasteiger partial charge in [0, 0.05) is 18.3 Å². The smallest absolute Gasteiger partial charge is 0.241 e. The molecule has 0 aliphatic heterocycles. The number of carbonyl (C=O) groups is 1. The Hall–Kier alpha value is -2.67. The summed E-state index contributed by atoms with van der Waals surface area (Å²) in [5, 5.41) is 2.59. The van der Waals surface area contributed by atoms with Gasteiger partial charge < -0.3 is 14.8 Å². The standard InChI is InChI=1S/C20H24F2N2O3/c1-5-27-18-9-6-14(10-19(18)26-4)12-24(3)13(2)20(25)23-15-7-8-16(21)17(22)11-15/h6-11,13H,5,12H2,1-4H3,(H,23,25)/t13-/m1/s1. The third kappa shape index (κ3) is 5.40. The lowest BCUT2D eigenvalue weighted by Gasteiger charge is -2.24. The van der Waals surface area contributed by atoms with Crippen molar-refractivity contribution in [3.05, 3.63) is 53.6 Å². The molecule has 0 radical (unpaired) electrons. The van der Waals surface area contributed by atoms with Crippen LogP contribution in [0.3, 0.4) is 0 Å². The number of rotatable bonds is 8. The molecule has 0 saturated carbocycles. The first-order chi connectivity index (χ1) is 12.8. The van der Waals surface area contributed by atoms with Crippen molar-refractivity contribution in [3.63, 3.8) is 0 Å². The number of likely N-dealkylation sites (N-methyl/N-ethyl adjacent to an activating group) is 1. The van der Waals surface area contributed by atoms with Crippen LogP contribution in [0.5, 0.6) is 11.5 Å². The van der Waals surface area contributed by atoms with Gasteiger partial charge in [-0.3, -0.25) is 9.69 Å². The molecule has 7 heteroatoms. The third-order valence-electron chi connectivity index (χ3n) is 4.19. The van der Waals surface area contributed by atoms with E-state index in [1.807, 2.05) is 30.0 Å². The number of halogens is 2. The normalized spacial score (nSPS) is 12.0. The summed E-state index contributed by atoms with van der Waals surface area (Å²) in [6, 6.07) is 8.36. The number of hydrogen-bond acceptors (Lipinski definition) is 4. The molecule has 0 fully saturated rings. The van der Waals surface area contributed by atoms with Gasteiger partial charge >= 0.3 is 0 Å². The van der Waals surface area contributed by atoms with Gasteiger partial charge in [0.05, 0.1) is 19.8 Å². The first-order valence-electron chi connectivity index (χ1n) is 8.61. The van der Waals surface area contributed by atoms with Crippen LogP contribution in [0.4, 0.5) is 14.5 Å². The molecule has 0 aliphatic rings. The van der Waals surface area contributed by atoms with E-state index >= 15 is 0 Å². The van der Waals surface area contributed by atoms with Crippen LogP contribution in [0.1, 0.15) is 19.4 Å². The third-order valence-corrected chi connectivity index (χ3v) is 4.19. The number of carbonyl (C=O) groups excluding carboxylic acids is 1. The second kappa shape index (κ2) is 9.32. The Labute approximate surface area is 157 Å². The van der Waals surface area contributed by atoms with E-state index in [4.69, 9.17) is 9.47 Å². The number of nitrogens with one attached hydrogen (secondary N) is 1. The van der Waals surface area contributed by atoms with Crippen LogP contribution in [0.25, 0.3) is 0 Å². The molecule has 1 amide bonds. The predicted octanol–water partition coefficient (Wildman–Crippen LogP) is 3.83. The van der Waals surface area contributed by atoms with E-state index in [1.54, 1.807) is 21.1 Å². The van der Waals surface area contributed by atoms with Gasteiger partial charge in [0.15, 0.2) is 23.1 Å². The number of methoxy groups -OCH3 is 1. The highest BCUT2D eigenvalue weighted by molar-refractivity contribution is 5.94. The molecule has 0 heterocycles. The van der Waals surface area contributed by atoms with Gasteiger partial charge in [-0.2, -0.15) is 0 Å². The number of benzene rings is 2. The van der Waals surface area contributed by atoms with Crippen molar-refractivity contribution in [1.82, 2.24) is 4.90 Å². The fraction of sp³-hybridized carbons (Fsp3) is 0.350. The number of anilines is 1. The average molecular weight is 378 g/mol. The van der Waals surface area contributed by atoms with E-state index in [0.29, 0.717) is 24.7 Å².